The van der Waals surface area contributed by atoms with Crippen molar-refractivity contribution in [1.82, 2.24) is 15.2 Å². The number of carbonyl (C=O) groups excluding carboxylic acids is 3. The predicted octanol–water partition coefficient (Wildman–Crippen LogP) is 2.85. The number of hydrogen-bond acceptors (Lipinski definition) is 6. The van der Waals surface area contributed by atoms with Gasteiger partial charge in [-0.25, -0.2) is 4.79 Å². The second-order valence-corrected chi connectivity index (χ2v) is 10.3. The standard InChI is InChI=1S/C28H26N4O4/c1-28(2,3)36-27(35)20-13-15-7-6-9-17-23(29-11-12-32(20)24(15)17)22-21(25(33)31-26(22)34)18-14-30-19-10-5-4-8-16(18)19/h4-10,13-14,20,24,30H,11-12H2,1-3H3,(H,31,33,34). The number of ether oxygens (including phenoxy) is 1. The number of amides is 2. The maximum absolute atomic E-state index is 13.2. The number of allylic oxidation sites excluding steroid dienone is 2. The Morgan fingerprint density at radius 1 is 1.14 bits per heavy atom. The number of imide groups is 1. The van der Waals surface area contributed by atoms with Crippen LogP contribution in [0.4, 0.5) is 0 Å². The Labute approximate surface area is 208 Å². The van der Waals surface area contributed by atoms with Gasteiger partial charge in [0.15, 0.2) is 0 Å². The average Bonchev–Trinajstić information content (AvgIpc) is 3.44. The van der Waals surface area contributed by atoms with Crippen molar-refractivity contribution >= 4 is 40.0 Å². The zero-order chi connectivity index (χ0) is 25.2. The second kappa shape index (κ2) is 7.99. The Kier molecular flexibility index (Phi) is 4.98. The minimum absolute atomic E-state index is 0.256. The Hall–Kier alpha value is -4.04. The molecule has 0 saturated carbocycles. The number of para-hydroxylation sites is 1. The molecule has 0 spiro atoms. The number of hydrogen-bond donors (Lipinski definition) is 2. The Bertz CT molecular complexity index is 1490. The molecular formula is C28H26N4O4. The molecular weight excluding hydrogens is 456 g/mol. The molecule has 2 atom stereocenters. The van der Waals surface area contributed by atoms with Crippen LogP contribution in [-0.2, 0) is 19.1 Å². The van der Waals surface area contributed by atoms with E-state index in [9.17, 15) is 14.4 Å². The summed E-state index contributed by atoms with van der Waals surface area (Å²) in [5, 5.41) is 3.34. The van der Waals surface area contributed by atoms with Crippen LogP contribution in [-0.4, -0.2) is 64.2 Å². The van der Waals surface area contributed by atoms with Gasteiger partial charge in [0.2, 0.25) is 0 Å². The number of benzene rings is 1. The van der Waals surface area contributed by atoms with E-state index in [0.717, 1.165) is 22.0 Å². The number of H-pyrrole nitrogens is 1. The van der Waals surface area contributed by atoms with Crippen LogP contribution < -0.4 is 5.32 Å². The fourth-order valence-corrected chi connectivity index (χ4v) is 5.43. The third-order valence-electron chi connectivity index (χ3n) is 6.79. The van der Waals surface area contributed by atoms with E-state index in [4.69, 9.17) is 9.73 Å². The lowest BCUT2D eigenvalue weighted by Crippen LogP contribution is -2.46. The minimum atomic E-state index is -0.604. The van der Waals surface area contributed by atoms with E-state index < -0.39 is 23.5 Å². The largest absolute Gasteiger partial charge is 0.459 e. The number of nitrogens with zero attached hydrogens (tertiary/aromatic N) is 2. The summed E-state index contributed by atoms with van der Waals surface area (Å²) in [5.74, 6) is -1.22. The van der Waals surface area contributed by atoms with Crippen molar-refractivity contribution in [1.29, 1.82) is 0 Å². The summed E-state index contributed by atoms with van der Waals surface area (Å²) in [5.41, 5.74) is 3.76. The molecule has 2 unspecified atom stereocenters. The summed E-state index contributed by atoms with van der Waals surface area (Å²) in [4.78, 5) is 49.4. The molecule has 0 fully saturated rings. The molecule has 0 saturated heterocycles. The van der Waals surface area contributed by atoms with Gasteiger partial charge in [-0.05, 0) is 38.0 Å². The van der Waals surface area contributed by atoms with E-state index in [1.54, 1.807) is 6.20 Å². The van der Waals surface area contributed by atoms with Gasteiger partial charge in [-0.2, -0.15) is 0 Å². The number of carbonyl (C=O) groups is 3. The number of rotatable bonds is 3. The molecule has 4 aliphatic rings. The van der Waals surface area contributed by atoms with Crippen LogP contribution in [0.1, 0.15) is 26.3 Å². The van der Waals surface area contributed by atoms with Crippen molar-refractivity contribution < 1.29 is 19.1 Å². The van der Waals surface area contributed by atoms with Gasteiger partial charge in [-0.1, -0.05) is 42.5 Å². The molecule has 8 heteroatoms. The number of nitrogens with one attached hydrogen (secondary N) is 2. The van der Waals surface area contributed by atoms with Gasteiger partial charge < -0.3 is 9.72 Å². The predicted molar refractivity (Wildman–Crippen MR) is 136 cm³/mol. The van der Waals surface area contributed by atoms with Crippen molar-refractivity contribution in [3.05, 3.63) is 77.0 Å². The van der Waals surface area contributed by atoms with Crippen molar-refractivity contribution in [3.63, 3.8) is 0 Å². The highest BCUT2D eigenvalue weighted by atomic mass is 16.6. The van der Waals surface area contributed by atoms with Crippen LogP contribution in [0.3, 0.4) is 0 Å². The molecule has 2 N–H and O–H groups in total. The first-order chi connectivity index (χ1) is 17.2. The molecule has 2 aromatic rings. The number of esters is 1. The summed E-state index contributed by atoms with van der Waals surface area (Å²) in [6, 6.07) is 6.85. The summed E-state index contributed by atoms with van der Waals surface area (Å²) in [7, 11) is 0. The molecule has 2 amide bonds. The van der Waals surface area contributed by atoms with E-state index in [1.165, 1.54) is 0 Å². The third-order valence-corrected chi connectivity index (χ3v) is 6.79. The van der Waals surface area contributed by atoms with Gasteiger partial charge in [0, 0.05) is 29.2 Å². The fraction of sp³-hybridized carbons (Fsp3) is 0.286. The molecule has 8 nitrogen and oxygen atoms in total. The molecule has 182 valence electrons. The zero-order valence-corrected chi connectivity index (χ0v) is 20.3. The lowest BCUT2D eigenvalue weighted by molar-refractivity contribution is -0.159. The van der Waals surface area contributed by atoms with Gasteiger partial charge in [-0.15, -0.1) is 0 Å². The molecule has 4 heterocycles. The van der Waals surface area contributed by atoms with Crippen LogP contribution in [0, 0.1) is 0 Å². The molecule has 1 aromatic carbocycles. The van der Waals surface area contributed by atoms with Gasteiger partial charge in [0.1, 0.15) is 11.6 Å². The fourth-order valence-electron chi connectivity index (χ4n) is 5.43. The first-order valence-corrected chi connectivity index (χ1v) is 12.0. The van der Waals surface area contributed by atoms with E-state index in [-0.39, 0.29) is 17.6 Å². The van der Waals surface area contributed by atoms with Gasteiger partial charge in [0.05, 0.1) is 29.4 Å². The monoisotopic (exact) mass is 482 g/mol. The highest BCUT2D eigenvalue weighted by Gasteiger charge is 2.46. The van der Waals surface area contributed by atoms with E-state index in [0.29, 0.717) is 29.9 Å². The molecule has 0 radical (unpaired) electrons. The molecule has 3 aliphatic heterocycles. The zero-order valence-electron chi connectivity index (χ0n) is 20.3. The maximum atomic E-state index is 13.2. The molecule has 36 heavy (non-hydrogen) atoms. The smallest absolute Gasteiger partial charge is 0.327 e. The van der Waals surface area contributed by atoms with Crippen LogP contribution >= 0.6 is 0 Å². The van der Waals surface area contributed by atoms with Gasteiger partial charge >= 0.3 is 5.97 Å². The van der Waals surface area contributed by atoms with Crippen molar-refractivity contribution in [2.24, 2.45) is 4.99 Å². The highest BCUT2D eigenvalue weighted by molar-refractivity contribution is 6.48. The SMILES string of the molecule is CC(C)(C)OC(=O)C1C=C2C=CC=C3C(C4=C(c5c[nH]c6ccccc56)C(=O)NC4=O)=NCCN1C23. The quantitative estimate of drug-likeness (QED) is 0.517. The normalized spacial score (nSPS) is 23.8. The van der Waals surface area contributed by atoms with Crippen molar-refractivity contribution in [2.45, 2.75) is 38.5 Å². The topological polar surface area (TPSA) is 104 Å². The van der Waals surface area contributed by atoms with Crippen LogP contribution in [0.25, 0.3) is 16.5 Å². The van der Waals surface area contributed by atoms with Gasteiger partial charge in [-0.3, -0.25) is 24.8 Å². The Morgan fingerprint density at radius 3 is 2.72 bits per heavy atom. The third kappa shape index (κ3) is 3.48. The number of aromatic amines is 1. The Morgan fingerprint density at radius 2 is 1.92 bits per heavy atom. The van der Waals surface area contributed by atoms with Gasteiger partial charge in [0.25, 0.3) is 11.8 Å². The van der Waals surface area contributed by atoms with Crippen LogP contribution in [0.5, 0.6) is 0 Å². The maximum Gasteiger partial charge on any atom is 0.327 e. The molecule has 1 aromatic heterocycles. The Balaban J connectivity index is 1.45. The lowest BCUT2D eigenvalue weighted by Gasteiger charge is -2.32. The molecule has 6 rings (SSSR count). The highest BCUT2D eigenvalue weighted by Crippen LogP contribution is 2.39. The molecule has 0 bridgehead atoms. The number of aromatic nitrogens is 1. The van der Waals surface area contributed by atoms with Crippen molar-refractivity contribution in [3.8, 4) is 0 Å². The van der Waals surface area contributed by atoms with Crippen LogP contribution in [0.15, 0.2) is 76.5 Å². The first-order valence-electron chi connectivity index (χ1n) is 12.0. The van der Waals surface area contributed by atoms with E-state index in [1.807, 2.05) is 69.3 Å². The second-order valence-electron chi connectivity index (χ2n) is 10.3. The molecule has 1 aliphatic carbocycles. The first kappa shape index (κ1) is 22.4. The summed E-state index contributed by atoms with van der Waals surface area (Å²) in [6.07, 6.45) is 9.49. The summed E-state index contributed by atoms with van der Waals surface area (Å²) >= 11 is 0. The summed E-state index contributed by atoms with van der Waals surface area (Å²) < 4.78 is 5.70. The number of fused-ring (bicyclic) bond motifs is 1. The minimum Gasteiger partial charge on any atom is -0.459 e. The number of aliphatic imine (C=N–C) groups is 1. The lowest BCUT2D eigenvalue weighted by atomic mass is 9.86. The van der Waals surface area contributed by atoms with E-state index >= 15 is 0 Å². The average molecular weight is 483 g/mol. The van der Waals surface area contributed by atoms with Crippen LogP contribution in [0.2, 0.25) is 0 Å². The summed E-state index contributed by atoms with van der Waals surface area (Å²) in [6.45, 7) is 6.43. The van der Waals surface area contributed by atoms with Crippen molar-refractivity contribution in [2.75, 3.05) is 13.1 Å². The van der Waals surface area contributed by atoms with E-state index in [2.05, 4.69) is 15.2 Å².